The first-order chi connectivity index (χ1) is 11.1. The zero-order valence-electron chi connectivity index (χ0n) is 13.4. The van der Waals surface area contributed by atoms with E-state index in [1.54, 1.807) is 14.0 Å². The Balaban J connectivity index is 1.97. The summed E-state index contributed by atoms with van der Waals surface area (Å²) >= 11 is 0. The molecule has 3 rings (SSSR count). The molecule has 0 aromatic carbocycles. The van der Waals surface area contributed by atoms with Crippen LogP contribution in [0.5, 0.6) is 0 Å². The van der Waals surface area contributed by atoms with Crippen LogP contribution in [0.3, 0.4) is 0 Å². The standard InChI is InChI=1S/C15H20N2O6/c1-4-22-15(19)12-11-8-5-9(8)14(23-7-20-2)13(11)17(16-12)6-10(18)21-3/h8-9,14H,4-7H2,1-3H3/t8-,9?,14?/m0/s1. The van der Waals surface area contributed by atoms with E-state index in [-0.39, 0.29) is 37.7 Å². The van der Waals surface area contributed by atoms with Crippen LogP contribution in [-0.2, 0) is 30.3 Å². The van der Waals surface area contributed by atoms with Gasteiger partial charge in [0.1, 0.15) is 19.4 Å². The summed E-state index contributed by atoms with van der Waals surface area (Å²) in [5, 5.41) is 4.29. The Bertz CT molecular complexity index is 626. The van der Waals surface area contributed by atoms with Crippen molar-refractivity contribution in [1.29, 1.82) is 0 Å². The van der Waals surface area contributed by atoms with Crippen molar-refractivity contribution in [2.24, 2.45) is 5.92 Å². The van der Waals surface area contributed by atoms with E-state index in [0.717, 1.165) is 17.7 Å². The molecule has 1 saturated carbocycles. The number of hydrogen-bond donors (Lipinski definition) is 0. The molecule has 8 nitrogen and oxygen atoms in total. The molecule has 0 aliphatic heterocycles. The van der Waals surface area contributed by atoms with E-state index in [2.05, 4.69) is 5.10 Å². The fourth-order valence-electron chi connectivity index (χ4n) is 3.24. The van der Waals surface area contributed by atoms with E-state index < -0.39 is 11.9 Å². The van der Waals surface area contributed by atoms with Crippen LogP contribution in [0.15, 0.2) is 0 Å². The molecular weight excluding hydrogens is 304 g/mol. The van der Waals surface area contributed by atoms with Gasteiger partial charge in [0.15, 0.2) is 5.69 Å². The van der Waals surface area contributed by atoms with E-state index in [0.29, 0.717) is 5.92 Å². The van der Waals surface area contributed by atoms with Gasteiger partial charge in [0.2, 0.25) is 0 Å². The highest BCUT2D eigenvalue weighted by atomic mass is 16.7. The minimum absolute atomic E-state index is 0.0650. The zero-order valence-corrected chi connectivity index (χ0v) is 13.4. The summed E-state index contributed by atoms with van der Waals surface area (Å²) in [6.07, 6.45) is 0.716. The molecule has 3 atom stereocenters. The third kappa shape index (κ3) is 2.72. The Labute approximate surface area is 133 Å². The molecule has 2 aliphatic rings. The lowest BCUT2D eigenvalue weighted by Crippen LogP contribution is -2.19. The maximum absolute atomic E-state index is 12.2. The zero-order chi connectivity index (χ0) is 16.6. The number of nitrogens with zero attached hydrogens (tertiary/aromatic N) is 2. The number of fused-ring (bicyclic) bond motifs is 3. The molecule has 1 heterocycles. The lowest BCUT2D eigenvalue weighted by molar-refractivity contribution is -0.141. The molecule has 8 heteroatoms. The van der Waals surface area contributed by atoms with Gasteiger partial charge in [0, 0.05) is 12.7 Å². The molecule has 0 N–H and O–H groups in total. The monoisotopic (exact) mass is 324 g/mol. The lowest BCUT2D eigenvalue weighted by atomic mass is 10.1. The molecule has 0 amide bonds. The maximum atomic E-state index is 12.2. The van der Waals surface area contributed by atoms with Gasteiger partial charge in [-0.25, -0.2) is 4.79 Å². The smallest absolute Gasteiger partial charge is 0.359 e. The second kappa shape index (κ2) is 6.29. The molecule has 0 spiro atoms. The van der Waals surface area contributed by atoms with Crippen LogP contribution in [0.1, 0.15) is 47.1 Å². The number of hydrogen-bond acceptors (Lipinski definition) is 7. The number of aromatic nitrogens is 2. The molecule has 2 unspecified atom stereocenters. The van der Waals surface area contributed by atoms with Gasteiger partial charge in [-0.05, 0) is 25.2 Å². The van der Waals surface area contributed by atoms with Gasteiger partial charge in [-0.1, -0.05) is 0 Å². The number of carbonyl (C=O) groups is 2. The van der Waals surface area contributed by atoms with Crippen molar-refractivity contribution in [3.63, 3.8) is 0 Å². The summed E-state index contributed by atoms with van der Waals surface area (Å²) in [7, 11) is 2.87. The van der Waals surface area contributed by atoms with Crippen molar-refractivity contribution in [3.05, 3.63) is 17.0 Å². The number of rotatable bonds is 7. The second-order valence-electron chi connectivity index (χ2n) is 5.60. The van der Waals surface area contributed by atoms with Gasteiger partial charge in [-0.3, -0.25) is 9.48 Å². The van der Waals surface area contributed by atoms with Crippen molar-refractivity contribution in [2.75, 3.05) is 27.6 Å². The molecule has 0 saturated heterocycles. The quantitative estimate of drug-likeness (QED) is 0.546. The summed E-state index contributed by atoms with van der Waals surface area (Å²) in [4.78, 5) is 23.8. The van der Waals surface area contributed by atoms with E-state index in [4.69, 9.17) is 18.9 Å². The fraction of sp³-hybridized carbons (Fsp3) is 0.667. The Hall–Kier alpha value is -1.93. The van der Waals surface area contributed by atoms with Crippen LogP contribution < -0.4 is 0 Å². The van der Waals surface area contributed by atoms with Crippen molar-refractivity contribution >= 4 is 11.9 Å². The van der Waals surface area contributed by atoms with Gasteiger partial charge >= 0.3 is 11.9 Å². The molecule has 23 heavy (non-hydrogen) atoms. The number of esters is 2. The lowest BCUT2D eigenvalue weighted by Gasteiger charge is -2.16. The van der Waals surface area contributed by atoms with Crippen LogP contribution >= 0.6 is 0 Å². The topological polar surface area (TPSA) is 88.9 Å². The van der Waals surface area contributed by atoms with Gasteiger partial charge in [0.05, 0.1) is 19.4 Å². The van der Waals surface area contributed by atoms with E-state index in [9.17, 15) is 9.59 Å². The van der Waals surface area contributed by atoms with Crippen molar-refractivity contribution in [2.45, 2.75) is 31.9 Å². The molecule has 1 fully saturated rings. The van der Waals surface area contributed by atoms with Crippen LogP contribution in [0, 0.1) is 5.92 Å². The average Bonchev–Trinajstić information content (AvgIpc) is 3.13. The SMILES string of the molecule is CCOC(=O)c1nn(CC(=O)OC)c2c1[C@H]1CC1C2OCOC. The Morgan fingerprint density at radius 3 is 2.78 bits per heavy atom. The van der Waals surface area contributed by atoms with Gasteiger partial charge in [0.25, 0.3) is 0 Å². The van der Waals surface area contributed by atoms with Crippen molar-refractivity contribution in [1.82, 2.24) is 9.78 Å². The molecule has 0 radical (unpaired) electrons. The summed E-state index contributed by atoms with van der Waals surface area (Å²) in [5.74, 6) is -0.366. The maximum Gasteiger partial charge on any atom is 0.359 e. The van der Waals surface area contributed by atoms with Crippen LogP contribution in [0.25, 0.3) is 0 Å². The largest absolute Gasteiger partial charge is 0.468 e. The molecule has 1 aromatic rings. The third-order valence-electron chi connectivity index (χ3n) is 4.24. The van der Waals surface area contributed by atoms with E-state index >= 15 is 0 Å². The van der Waals surface area contributed by atoms with Crippen molar-refractivity contribution < 1.29 is 28.5 Å². The van der Waals surface area contributed by atoms with Crippen molar-refractivity contribution in [3.8, 4) is 0 Å². The number of carbonyl (C=O) groups excluding carboxylic acids is 2. The highest BCUT2D eigenvalue weighted by molar-refractivity contribution is 5.90. The number of ether oxygens (including phenoxy) is 4. The second-order valence-corrected chi connectivity index (χ2v) is 5.60. The summed E-state index contributed by atoms with van der Waals surface area (Å²) in [6, 6.07) is 0. The van der Waals surface area contributed by atoms with Crippen LogP contribution in [-0.4, -0.2) is 49.3 Å². The van der Waals surface area contributed by atoms with Gasteiger partial charge in [-0.15, -0.1) is 0 Å². The summed E-state index contributed by atoms with van der Waals surface area (Å²) in [6.45, 7) is 2.10. The summed E-state index contributed by atoms with van der Waals surface area (Å²) in [5.41, 5.74) is 1.89. The minimum atomic E-state index is -0.467. The Morgan fingerprint density at radius 1 is 1.35 bits per heavy atom. The molecular formula is C15H20N2O6. The normalized spacial score (nSPS) is 24.0. The third-order valence-corrected chi connectivity index (χ3v) is 4.24. The molecule has 126 valence electrons. The first-order valence-electron chi connectivity index (χ1n) is 7.57. The predicted octanol–water partition coefficient (Wildman–Crippen LogP) is 1.01. The first kappa shape index (κ1) is 15.9. The predicted molar refractivity (Wildman–Crippen MR) is 76.7 cm³/mol. The molecule has 2 aliphatic carbocycles. The Kier molecular flexibility index (Phi) is 4.36. The fourth-order valence-corrected chi connectivity index (χ4v) is 3.24. The van der Waals surface area contributed by atoms with Crippen LogP contribution in [0.2, 0.25) is 0 Å². The number of methoxy groups -OCH3 is 2. The average molecular weight is 324 g/mol. The summed E-state index contributed by atoms with van der Waals surface area (Å²) < 4.78 is 22.0. The minimum Gasteiger partial charge on any atom is -0.468 e. The Morgan fingerprint density at radius 2 is 2.13 bits per heavy atom. The highest BCUT2D eigenvalue weighted by Gasteiger charge is 2.57. The molecule has 1 aromatic heterocycles. The van der Waals surface area contributed by atoms with Gasteiger partial charge < -0.3 is 18.9 Å². The first-order valence-corrected chi connectivity index (χ1v) is 7.57. The molecule has 0 bridgehead atoms. The van der Waals surface area contributed by atoms with Crippen LogP contribution in [0.4, 0.5) is 0 Å². The van der Waals surface area contributed by atoms with E-state index in [1.165, 1.54) is 11.8 Å². The highest BCUT2D eigenvalue weighted by Crippen LogP contribution is 2.63. The van der Waals surface area contributed by atoms with E-state index in [1.807, 2.05) is 0 Å². The van der Waals surface area contributed by atoms with Gasteiger partial charge in [-0.2, -0.15) is 5.10 Å².